The van der Waals surface area contributed by atoms with Gasteiger partial charge in [0.25, 0.3) is 5.69 Å². The summed E-state index contributed by atoms with van der Waals surface area (Å²) in [6.07, 6.45) is 1.45. The molecule has 0 saturated carbocycles. The number of non-ortho nitro benzene ring substituents is 1. The summed E-state index contributed by atoms with van der Waals surface area (Å²) in [6.45, 7) is 6.65. The number of amides is 1. The number of piperazine rings is 1. The quantitative estimate of drug-likeness (QED) is 0.611. The normalized spacial score (nSPS) is 16.0. The Morgan fingerprint density at radius 2 is 1.81 bits per heavy atom. The molecular formula is C15H21N3O3. The Labute approximate surface area is 124 Å². The molecule has 114 valence electrons. The molecule has 6 heteroatoms. The maximum absolute atomic E-state index is 12.2. The van der Waals surface area contributed by atoms with Crippen molar-refractivity contribution in [3.8, 4) is 0 Å². The highest BCUT2D eigenvalue weighted by Gasteiger charge is 2.20. The number of hydrogen-bond donors (Lipinski definition) is 0. The zero-order valence-corrected chi connectivity index (χ0v) is 12.3. The van der Waals surface area contributed by atoms with Gasteiger partial charge in [0.1, 0.15) is 0 Å². The highest BCUT2D eigenvalue weighted by atomic mass is 16.6. The van der Waals surface area contributed by atoms with Crippen LogP contribution in [0.4, 0.5) is 5.69 Å². The van der Waals surface area contributed by atoms with Crippen molar-refractivity contribution in [1.29, 1.82) is 0 Å². The highest BCUT2D eigenvalue weighted by Crippen LogP contribution is 2.13. The molecule has 0 bridgehead atoms. The van der Waals surface area contributed by atoms with Crippen molar-refractivity contribution >= 4 is 11.6 Å². The molecule has 0 N–H and O–H groups in total. The number of carbonyl (C=O) groups excluding carboxylic acids is 1. The fraction of sp³-hybridized carbons (Fsp3) is 0.533. The molecule has 1 aliphatic rings. The lowest BCUT2D eigenvalue weighted by Crippen LogP contribution is -2.49. The Kier molecular flexibility index (Phi) is 5.27. The van der Waals surface area contributed by atoms with Crippen LogP contribution in [0.25, 0.3) is 0 Å². The fourth-order valence-electron chi connectivity index (χ4n) is 2.56. The number of rotatable bonds is 5. The largest absolute Gasteiger partial charge is 0.340 e. The van der Waals surface area contributed by atoms with Gasteiger partial charge in [0.15, 0.2) is 0 Å². The van der Waals surface area contributed by atoms with Crippen LogP contribution in [0.3, 0.4) is 0 Å². The van der Waals surface area contributed by atoms with Crippen LogP contribution in [0.15, 0.2) is 24.3 Å². The summed E-state index contributed by atoms with van der Waals surface area (Å²) in [5.74, 6) is 0.0972. The molecule has 1 saturated heterocycles. The lowest BCUT2D eigenvalue weighted by atomic mass is 10.1. The first-order chi connectivity index (χ1) is 10.1. The number of benzene rings is 1. The third kappa shape index (κ3) is 4.26. The van der Waals surface area contributed by atoms with Crippen molar-refractivity contribution in [2.45, 2.75) is 19.8 Å². The minimum atomic E-state index is -0.432. The van der Waals surface area contributed by atoms with Crippen molar-refractivity contribution in [2.75, 3.05) is 32.7 Å². The van der Waals surface area contributed by atoms with Crippen LogP contribution in [0.5, 0.6) is 0 Å². The van der Waals surface area contributed by atoms with Crippen LogP contribution in [-0.4, -0.2) is 53.4 Å². The molecule has 1 heterocycles. The first-order valence-electron chi connectivity index (χ1n) is 7.33. The summed E-state index contributed by atoms with van der Waals surface area (Å²) in [5.41, 5.74) is 0.876. The van der Waals surface area contributed by atoms with Gasteiger partial charge in [0, 0.05) is 38.3 Å². The maximum Gasteiger partial charge on any atom is 0.269 e. The summed E-state index contributed by atoms with van der Waals surface area (Å²) >= 11 is 0. The number of hydrogen-bond acceptors (Lipinski definition) is 4. The van der Waals surface area contributed by atoms with Gasteiger partial charge < -0.3 is 4.90 Å². The van der Waals surface area contributed by atoms with Gasteiger partial charge >= 0.3 is 0 Å². The van der Waals surface area contributed by atoms with Crippen LogP contribution < -0.4 is 0 Å². The molecule has 0 aliphatic carbocycles. The molecule has 0 unspecified atom stereocenters. The average molecular weight is 291 g/mol. The molecule has 1 aliphatic heterocycles. The van der Waals surface area contributed by atoms with E-state index in [-0.39, 0.29) is 11.6 Å². The van der Waals surface area contributed by atoms with E-state index < -0.39 is 4.92 Å². The van der Waals surface area contributed by atoms with E-state index in [1.54, 1.807) is 12.1 Å². The van der Waals surface area contributed by atoms with Crippen molar-refractivity contribution in [2.24, 2.45) is 0 Å². The topological polar surface area (TPSA) is 66.7 Å². The van der Waals surface area contributed by atoms with Crippen molar-refractivity contribution in [3.05, 3.63) is 39.9 Å². The molecular weight excluding hydrogens is 270 g/mol. The second kappa shape index (κ2) is 7.17. The van der Waals surface area contributed by atoms with E-state index in [4.69, 9.17) is 0 Å². The third-order valence-corrected chi connectivity index (χ3v) is 3.77. The molecule has 1 fully saturated rings. The van der Waals surface area contributed by atoms with Gasteiger partial charge in [-0.15, -0.1) is 0 Å². The predicted octanol–water partition coefficient (Wildman–Crippen LogP) is 1.69. The third-order valence-electron chi connectivity index (χ3n) is 3.77. The van der Waals surface area contributed by atoms with Gasteiger partial charge in [-0.05, 0) is 18.5 Å². The molecule has 2 rings (SSSR count). The molecule has 0 radical (unpaired) electrons. The van der Waals surface area contributed by atoms with Crippen LogP contribution in [0, 0.1) is 10.1 Å². The lowest BCUT2D eigenvalue weighted by Gasteiger charge is -2.34. The Morgan fingerprint density at radius 3 is 2.33 bits per heavy atom. The van der Waals surface area contributed by atoms with E-state index in [1.807, 2.05) is 4.90 Å². The number of nitrogens with zero attached hydrogens (tertiary/aromatic N) is 3. The second-order valence-corrected chi connectivity index (χ2v) is 5.32. The van der Waals surface area contributed by atoms with Crippen molar-refractivity contribution in [3.63, 3.8) is 0 Å². The van der Waals surface area contributed by atoms with E-state index in [0.29, 0.717) is 6.42 Å². The molecule has 0 atom stereocenters. The van der Waals surface area contributed by atoms with Crippen LogP contribution >= 0.6 is 0 Å². The minimum Gasteiger partial charge on any atom is -0.340 e. The van der Waals surface area contributed by atoms with E-state index in [2.05, 4.69) is 11.8 Å². The van der Waals surface area contributed by atoms with Gasteiger partial charge in [-0.2, -0.15) is 0 Å². The first kappa shape index (κ1) is 15.4. The maximum atomic E-state index is 12.2. The number of nitro groups is 1. The van der Waals surface area contributed by atoms with Crippen molar-refractivity contribution < 1.29 is 9.72 Å². The summed E-state index contributed by atoms with van der Waals surface area (Å²) in [5, 5.41) is 10.6. The molecule has 6 nitrogen and oxygen atoms in total. The van der Waals surface area contributed by atoms with Gasteiger partial charge in [-0.3, -0.25) is 19.8 Å². The molecule has 1 aromatic carbocycles. The zero-order valence-electron chi connectivity index (χ0n) is 12.3. The van der Waals surface area contributed by atoms with Gasteiger partial charge in [0.2, 0.25) is 5.91 Å². The van der Waals surface area contributed by atoms with Gasteiger partial charge in [-0.25, -0.2) is 0 Å². The molecule has 0 spiro atoms. The van der Waals surface area contributed by atoms with E-state index >= 15 is 0 Å². The smallest absolute Gasteiger partial charge is 0.269 e. The van der Waals surface area contributed by atoms with E-state index in [1.165, 1.54) is 12.1 Å². The average Bonchev–Trinajstić information content (AvgIpc) is 2.49. The summed E-state index contributed by atoms with van der Waals surface area (Å²) in [4.78, 5) is 26.6. The minimum absolute atomic E-state index is 0.0550. The molecule has 1 amide bonds. The second-order valence-electron chi connectivity index (χ2n) is 5.32. The van der Waals surface area contributed by atoms with Crippen LogP contribution in [-0.2, 0) is 11.2 Å². The summed E-state index contributed by atoms with van der Waals surface area (Å²) in [6, 6.07) is 6.20. The number of nitro benzene ring substituents is 1. The van der Waals surface area contributed by atoms with Gasteiger partial charge in [-0.1, -0.05) is 19.1 Å². The van der Waals surface area contributed by atoms with Gasteiger partial charge in [0.05, 0.1) is 11.3 Å². The van der Waals surface area contributed by atoms with Crippen LogP contribution in [0.2, 0.25) is 0 Å². The fourth-order valence-corrected chi connectivity index (χ4v) is 2.56. The standard InChI is InChI=1S/C15H21N3O3/c1-2-7-16-8-10-17(11-9-16)15(19)12-13-3-5-14(6-4-13)18(20)21/h3-6H,2,7-12H2,1H3. The van der Waals surface area contributed by atoms with Crippen molar-refractivity contribution in [1.82, 2.24) is 9.80 Å². The molecule has 21 heavy (non-hydrogen) atoms. The van der Waals surface area contributed by atoms with Crippen LogP contribution in [0.1, 0.15) is 18.9 Å². The lowest BCUT2D eigenvalue weighted by molar-refractivity contribution is -0.384. The Bertz CT molecular complexity index is 493. The molecule has 1 aromatic rings. The predicted molar refractivity (Wildman–Crippen MR) is 80.1 cm³/mol. The summed E-state index contributed by atoms with van der Waals surface area (Å²) < 4.78 is 0. The van der Waals surface area contributed by atoms with E-state index in [9.17, 15) is 14.9 Å². The highest BCUT2D eigenvalue weighted by molar-refractivity contribution is 5.79. The monoisotopic (exact) mass is 291 g/mol. The molecule has 0 aromatic heterocycles. The Hall–Kier alpha value is -1.95. The Balaban J connectivity index is 1.86. The van der Waals surface area contributed by atoms with E-state index in [0.717, 1.165) is 44.7 Å². The number of carbonyl (C=O) groups is 1. The zero-order chi connectivity index (χ0) is 15.2. The first-order valence-corrected chi connectivity index (χ1v) is 7.33. The SMILES string of the molecule is CCCN1CCN(C(=O)Cc2ccc([N+](=O)[O-])cc2)CC1. The Morgan fingerprint density at radius 1 is 1.19 bits per heavy atom. The summed E-state index contributed by atoms with van der Waals surface area (Å²) in [7, 11) is 0.